The van der Waals surface area contributed by atoms with Gasteiger partial charge in [0.15, 0.2) is 9.84 Å². The normalized spacial score (nSPS) is 19.6. The Labute approximate surface area is 131 Å². The van der Waals surface area contributed by atoms with Crippen LogP contribution in [0, 0.1) is 0 Å². The molecular weight excluding hydrogens is 324 g/mol. The Bertz CT molecular complexity index is 871. The SMILES string of the molecule is O=C(Cn1c(-c2ccccn2)noc1=O)NC1CCS(=O)(=O)C1. The summed E-state index contributed by atoms with van der Waals surface area (Å²) < 4.78 is 28.4. The van der Waals surface area contributed by atoms with Gasteiger partial charge in [-0.15, -0.1) is 0 Å². The second-order valence-electron chi connectivity index (χ2n) is 5.24. The monoisotopic (exact) mass is 338 g/mol. The van der Waals surface area contributed by atoms with Crippen LogP contribution in [0.1, 0.15) is 6.42 Å². The Balaban J connectivity index is 1.75. The van der Waals surface area contributed by atoms with E-state index in [9.17, 15) is 18.0 Å². The first-order valence-electron chi connectivity index (χ1n) is 6.92. The van der Waals surface area contributed by atoms with E-state index in [4.69, 9.17) is 0 Å². The number of amides is 1. The third-order valence-corrected chi connectivity index (χ3v) is 5.25. The van der Waals surface area contributed by atoms with Gasteiger partial charge in [-0.05, 0) is 18.6 Å². The molecule has 0 saturated carbocycles. The third kappa shape index (κ3) is 3.47. The van der Waals surface area contributed by atoms with E-state index in [0.717, 1.165) is 4.57 Å². The van der Waals surface area contributed by atoms with Crippen LogP contribution in [0.3, 0.4) is 0 Å². The molecule has 1 N–H and O–H groups in total. The van der Waals surface area contributed by atoms with Crippen LogP contribution in [0.25, 0.3) is 11.5 Å². The lowest BCUT2D eigenvalue weighted by Crippen LogP contribution is -2.39. The molecule has 10 heteroatoms. The fourth-order valence-corrected chi connectivity index (χ4v) is 4.09. The molecule has 1 unspecified atom stereocenters. The Morgan fingerprint density at radius 1 is 1.43 bits per heavy atom. The molecule has 3 rings (SSSR count). The van der Waals surface area contributed by atoms with E-state index in [1.165, 1.54) is 6.20 Å². The molecule has 122 valence electrons. The molecule has 0 radical (unpaired) electrons. The number of hydrogen-bond acceptors (Lipinski definition) is 7. The molecule has 0 aromatic carbocycles. The topological polar surface area (TPSA) is 124 Å². The van der Waals surface area contributed by atoms with Gasteiger partial charge < -0.3 is 5.32 Å². The number of aromatic nitrogens is 3. The van der Waals surface area contributed by atoms with Crippen molar-refractivity contribution < 1.29 is 17.7 Å². The summed E-state index contributed by atoms with van der Waals surface area (Å²) >= 11 is 0. The largest absolute Gasteiger partial charge is 0.442 e. The smallest absolute Gasteiger partial charge is 0.351 e. The molecule has 23 heavy (non-hydrogen) atoms. The quantitative estimate of drug-likeness (QED) is 0.774. The molecule has 1 saturated heterocycles. The van der Waals surface area contributed by atoms with E-state index in [1.54, 1.807) is 18.2 Å². The zero-order chi connectivity index (χ0) is 16.4. The lowest BCUT2D eigenvalue weighted by Gasteiger charge is -2.11. The highest BCUT2D eigenvalue weighted by atomic mass is 32.2. The summed E-state index contributed by atoms with van der Waals surface area (Å²) in [7, 11) is -3.09. The number of carbonyl (C=O) groups is 1. The number of nitrogens with one attached hydrogen (secondary N) is 1. The van der Waals surface area contributed by atoms with Crippen molar-refractivity contribution in [3.05, 3.63) is 34.9 Å². The van der Waals surface area contributed by atoms with Crippen LogP contribution in [-0.2, 0) is 21.2 Å². The number of sulfone groups is 1. The summed E-state index contributed by atoms with van der Waals surface area (Å²) in [4.78, 5) is 27.8. The highest BCUT2D eigenvalue weighted by Gasteiger charge is 2.29. The minimum atomic E-state index is -3.09. The predicted molar refractivity (Wildman–Crippen MR) is 79.2 cm³/mol. The number of nitrogens with zero attached hydrogens (tertiary/aromatic N) is 3. The van der Waals surface area contributed by atoms with Crippen molar-refractivity contribution in [2.75, 3.05) is 11.5 Å². The molecule has 0 spiro atoms. The van der Waals surface area contributed by atoms with Crippen LogP contribution < -0.4 is 11.1 Å². The number of pyridine rings is 1. The van der Waals surface area contributed by atoms with Gasteiger partial charge in [0.1, 0.15) is 12.2 Å². The number of rotatable bonds is 4. The van der Waals surface area contributed by atoms with E-state index in [-0.39, 0.29) is 23.9 Å². The predicted octanol–water partition coefficient (Wildman–Crippen LogP) is -0.798. The Morgan fingerprint density at radius 2 is 2.26 bits per heavy atom. The summed E-state index contributed by atoms with van der Waals surface area (Å²) in [5, 5.41) is 6.24. The van der Waals surface area contributed by atoms with Gasteiger partial charge in [0.05, 0.1) is 11.5 Å². The van der Waals surface area contributed by atoms with E-state index in [2.05, 4.69) is 20.0 Å². The molecule has 2 aromatic rings. The van der Waals surface area contributed by atoms with Gasteiger partial charge in [0.25, 0.3) is 0 Å². The van der Waals surface area contributed by atoms with Crippen LogP contribution in [0.4, 0.5) is 0 Å². The molecule has 2 aromatic heterocycles. The maximum Gasteiger partial charge on any atom is 0.442 e. The van der Waals surface area contributed by atoms with Crippen molar-refractivity contribution in [1.82, 2.24) is 20.0 Å². The Hall–Kier alpha value is -2.49. The first-order chi connectivity index (χ1) is 10.9. The first-order valence-corrected chi connectivity index (χ1v) is 8.74. The zero-order valence-corrected chi connectivity index (χ0v) is 12.8. The summed E-state index contributed by atoms with van der Waals surface area (Å²) in [5.74, 6) is -1.13. The molecule has 1 aliphatic heterocycles. The van der Waals surface area contributed by atoms with E-state index < -0.39 is 27.5 Å². The minimum absolute atomic E-state index is 0.0599. The van der Waals surface area contributed by atoms with Crippen LogP contribution in [-0.4, -0.2) is 46.6 Å². The molecule has 1 fully saturated rings. The Morgan fingerprint density at radius 3 is 2.91 bits per heavy atom. The second-order valence-corrected chi connectivity index (χ2v) is 7.47. The molecule has 3 heterocycles. The molecule has 1 atom stereocenters. The molecular formula is C13H14N4O5S. The molecule has 0 bridgehead atoms. The standard InChI is InChI=1S/C13H14N4O5S/c18-11(15-9-4-6-23(20,21)8-9)7-17-12(16-22-13(17)19)10-3-1-2-5-14-10/h1-3,5,9H,4,6-8H2,(H,15,18). The van der Waals surface area contributed by atoms with Gasteiger partial charge in [-0.2, -0.15) is 0 Å². The number of hydrogen-bond donors (Lipinski definition) is 1. The molecule has 0 aliphatic carbocycles. The highest BCUT2D eigenvalue weighted by Crippen LogP contribution is 2.13. The number of carbonyl (C=O) groups excluding carboxylic acids is 1. The van der Waals surface area contributed by atoms with Crippen molar-refractivity contribution in [3.63, 3.8) is 0 Å². The van der Waals surface area contributed by atoms with Gasteiger partial charge in [-0.25, -0.2) is 17.8 Å². The van der Waals surface area contributed by atoms with Gasteiger partial charge in [-0.1, -0.05) is 11.2 Å². The second kappa shape index (κ2) is 5.95. The Kier molecular flexibility index (Phi) is 3.99. The average Bonchev–Trinajstić information content (AvgIpc) is 3.03. The van der Waals surface area contributed by atoms with Gasteiger partial charge in [0, 0.05) is 12.2 Å². The van der Waals surface area contributed by atoms with Crippen molar-refractivity contribution in [1.29, 1.82) is 0 Å². The van der Waals surface area contributed by atoms with Crippen LogP contribution >= 0.6 is 0 Å². The van der Waals surface area contributed by atoms with Gasteiger partial charge >= 0.3 is 5.76 Å². The lowest BCUT2D eigenvalue weighted by atomic mass is 10.2. The molecule has 1 amide bonds. The summed E-state index contributed by atoms with van der Waals surface area (Å²) in [5.41, 5.74) is 0.398. The lowest BCUT2D eigenvalue weighted by molar-refractivity contribution is -0.122. The maximum absolute atomic E-state index is 12.1. The highest BCUT2D eigenvalue weighted by molar-refractivity contribution is 7.91. The maximum atomic E-state index is 12.1. The van der Waals surface area contributed by atoms with Crippen LogP contribution in [0.15, 0.2) is 33.7 Å². The summed E-state index contributed by atoms with van der Waals surface area (Å²) in [6, 6.07) is 4.63. The summed E-state index contributed by atoms with van der Waals surface area (Å²) in [6.45, 7) is -0.315. The average molecular weight is 338 g/mol. The van der Waals surface area contributed by atoms with Crippen molar-refractivity contribution in [2.24, 2.45) is 0 Å². The van der Waals surface area contributed by atoms with Crippen molar-refractivity contribution in [2.45, 2.75) is 19.0 Å². The molecule has 1 aliphatic rings. The van der Waals surface area contributed by atoms with E-state index in [1.807, 2.05) is 0 Å². The first kappa shape index (κ1) is 15.4. The minimum Gasteiger partial charge on any atom is -0.351 e. The van der Waals surface area contributed by atoms with E-state index in [0.29, 0.717) is 12.1 Å². The summed E-state index contributed by atoms with van der Waals surface area (Å²) in [6.07, 6.45) is 1.90. The third-order valence-electron chi connectivity index (χ3n) is 3.48. The van der Waals surface area contributed by atoms with Crippen molar-refractivity contribution >= 4 is 15.7 Å². The van der Waals surface area contributed by atoms with Crippen LogP contribution in [0.5, 0.6) is 0 Å². The van der Waals surface area contributed by atoms with Gasteiger partial charge in [-0.3, -0.25) is 14.3 Å². The zero-order valence-electron chi connectivity index (χ0n) is 12.0. The van der Waals surface area contributed by atoms with Crippen LogP contribution in [0.2, 0.25) is 0 Å². The van der Waals surface area contributed by atoms with E-state index >= 15 is 0 Å². The fourth-order valence-electron chi connectivity index (χ4n) is 2.41. The fraction of sp³-hybridized carbons (Fsp3) is 0.385. The van der Waals surface area contributed by atoms with Crippen molar-refractivity contribution in [3.8, 4) is 11.5 Å². The van der Waals surface area contributed by atoms with Gasteiger partial charge in [0.2, 0.25) is 11.7 Å². The molecule has 9 nitrogen and oxygen atoms in total.